The molecule has 1 aromatic heterocycles. The van der Waals surface area contributed by atoms with Crippen LogP contribution in [0.5, 0.6) is 5.75 Å². The molecule has 1 aliphatic carbocycles. The van der Waals surface area contributed by atoms with Gasteiger partial charge in [0.1, 0.15) is 5.75 Å². The number of aromatic nitrogens is 1. The van der Waals surface area contributed by atoms with E-state index in [1.807, 2.05) is 0 Å². The second kappa shape index (κ2) is 4.94. The van der Waals surface area contributed by atoms with Crippen molar-refractivity contribution in [1.82, 2.24) is 10.5 Å². The molecule has 2 rings (SSSR count). The van der Waals surface area contributed by atoms with Crippen LogP contribution in [0.15, 0.2) is 18.5 Å². The van der Waals surface area contributed by atoms with Crippen LogP contribution in [0.1, 0.15) is 36.0 Å². The molecular weight excluding hydrogens is 208 g/mol. The zero-order valence-corrected chi connectivity index (χ0v) is 8.85. The van der Waals surface area contributed by atoms with E-state index in [9.17, 15) is 9.90 Å². The summed E-state index contributed by atoms with van der Waals surface area (Å²) >= 11 is 0. The van der Waals surface area contributed by atoms with Gasteiger partial charge in [0.05, 0.1) is 17.9 Å². The summed E-state index contributed by atoms with van der Waals surface area (Å²) in [5.41, 5.74) is 2.53. The van der Waals surface area contributed by atoms with Gasteiger partial charge in [-0.1, -0.05) is 12.8 Å². The number of nitrogens with one attached hydrogen (secondary N) is 1. The molecule has 5 nitrogen and oxygen atoms in total. The molecule has 0 atom stereocenters. The van der Waals surface area contributed by atoms with Crippen LogP contribution in [-0.2, 0) is 4.84 Å². The van der Waals surface area contributed by atoms with E-state index in [1.165, 1.54) is 18.5 Å². The predicted molar refractivity (Wildman–Crippen MR) is 56.7 cm³/mol. The number of pyridine rings is 1. The average molecular weight is 222 g/mol. The van der Waals surface area contributed by atoms with Gasteiger partial charge in [0.25, 0.3) is 5.91 Å². The molecule has 0 aromatic carbocycles. The second-order valence-electron chi connectivity index (χ2n) is 3.85. The Morgan fingerprint density at radius 2 is 2.25 bits per heavy atom. The summed E-state index contributed by atoms with van der Waals surface area (Å²) in [4.78, 5) is 20.5. The van der Waals surface area contributed by atoms with Gasteiger partial charge in [-0.15, -0.1) is 0 Å². The Bertz CT molecular complexity index is 375. The number of rotatable bonds is 3. The number of hydroxylamine groups is 1. The number of aromatic hydroxyl groups is 1. The summed E-state index contributed by atoms with van der Waals surface area (Å²) in [6.45, 7) is 0. The van der Waals surface area contributed by atoms with E-state index in [2.05, 4.69) is 10.5 Å². The molecule has 1 aromatic rings. The minimum atomic E-state index is -0.438. The Morgan fingerprint density at radius 1 is 1.50 bits per heavy atom. The highest BCUT2D eigenvalue weighted by atomic mass is 16.7. The van der Waals surface area contributed by atoms with Crippen molar-refractivity contribution in [1.29, 1.82) is 0 Å². The molecule has 0 bridgehead atoms. The summed E-state index contributed by atoms with van der Waals surface area (Å²) in [7, 11) is 0. The molecule has 2 N–H and O–H groups in total. The normalized spacial score (nSPS) is 16.2. The van der Waals surface area contributed by atoms with Gasteiger partial charge in [0.15, 0.2) is 0 Å². The third-order valence-corrected chi connectivity index (χ3v) is 2.67. The Hall–Kier alpha value is -1.62. The molecule has 86 valence electrons. The van der Waals surface area contributed by atoms with Crippen molar-refractivity contribution in [3.63, 3.8) is 0 Å². The molecule has 16 heavy (non-hydrogen) atoms. The quantitative estimate of drug-likeness (QED) is 0.758. The number of carbonyl (C=O) groups excluding carboxylic acids is 1. The highest BCUT2D eigenvalue weighted by Crippen LogP contribution is 2.20. The van der Waals surface area contributed by atoms with Crippen LogP contribution in [0, 0.1) is 0 Å². The van der Waals surface area contributed by atoms with E-state index >= 15 is 0 Å². The van der Waals surface area contributed by atoms with Crippen molar-refractivity contribution in [3.05, 3.63) is 24.0 Å². The highest BCUT2D eigenvalue weighted by Gasteiger charge is 2.18. The lowest BCUT2D eigenvalue weighted by Gasteiger charge is -2.11. The number of hydrogen-bond acceptors (Lipinski definition) is 4. The van der Waals surface area contributed by atoms with Gasteiger partial charge in [-0.05, 0) is 18.9 Å². The highest BCUT2D eigenvalue weighted by molar-refractivity contribution is 5.95. The van der Waals surface area contributed by atoms with Crippen molar-refractivity contribution in [2.24, 2.45) is 0 Å². The first-order chi connectivity index (χ1) is 7.77. The third kappa shape index (κ3) is 2.49. The van der Waals surface area contributed by atoms with E-state index in [-0.39, 0.29) is 17.4 Å². The molecule has 1 aliphatic rings. The molecule has 0 spiro atoms. The number of nitrogens with zero attached hydrogens (tertiary/aromatic N) is 1. The number of carbonyl (C=O) groups is 1. The Morgan fingerprint density at radius 3 is 2.94 bits per heavy atom. The molecule has 0 saturated heterocycles. The minimum Gasteiger partial charge on any atom is -0.505 e. The summed E-state index contributed by atoms with van der Waals surface area (Å²) < 4.78 is 0. The van der Waals surface area contributed by atoms with Crippen molar-refractivity contribution in [3.8, 4) is 5.75 Å². The maximum Gasteiger partial charge on any atom is 0.278 e. The molecule has 5 heteroatoms. The van der Waals surface area contributed by atoms with Gasteiger partial charge in [0.2, 0.25) is 0 Å². The van der Waals surface area contributed by atoms with Crippen molar-refractivity contribution < 1.29 is 14.7 Å². The summed E-state index contributed by atoms with van der Waals surface area (Å²) in [5.74, 6) is -0.582. The van der Waals surface area contributed by atoms with Gasteiger partial charge in [-0.25, -0.2) is 5.48 Å². The SMILES string of the molecule is O=C(NOC1CCCC1)c1ccncc1O. The lowest BCUT2D eigenvalue weighted by atomic mass is 10.2. The molecule has 0 aliphatic heterocycles. The molecule has 0 unspecified atom stereocenters. The standard InChI is InChI=1S/C11H14N2O3/c14-10-7-12-6-5-9(10)11(15)13-16-8-3-1-2-4-8/h5-8,14H,1-4H2,(H,13,15). The van der Waals surface area contributed by atoms with Gasteiger partial charge in [-0.3, -0.25) is 14.6 Å². The van der Waals surface area contributed by atoms with Crippen LogP contribution in [0.25, 0.3) is 0 Å². The van der Waals surface area contributed by atoms with E-state index < -0.39 is 5.91 Å². The Labute approximate surface area is 93.4 Å². The fraction of sp³-hybridized carbons (Fsp3) is 0.455. The van der Waals surface area contributed by atoms with E-state index in [1.54, 1.807) is 0 Å². The van der Waals surface area contributed by atoms with Gasteiger partial charge < -0.3 is 5.11 Å². The van der Waals surface area contributed by atoms with Crippen molar-refractivity contribution in [2.45, 2.75) is 31.8 Å². The zero-order chi connectivity index (χ0) is 11.4. The van der Waals surface area contributed by atoms with Crippen LogP contribution in [-0.4, -0.2) is 22.1 Å². The van der Waals surface area contributed by atoms with Gasteiger partial charge in [0, 0.05) is 6.20 Å². The predicted octanol–water partition coefficient (Wildman–Crippen LogP) is 1.39. The van der Waals surface area contributed by atoms with Crippen LogP contribution in [0.4, 0.5) is 0 Å². The summed E-state index contributed by atoms with van der Waals surface area (Å²) in [5, 5.41) is 9.39. The molecule has 1 saturated carbocycles. The van der Waals surface area contributed by atoms with E-state index in [0.717, 1.165) is 25.7 Å². The van der Waals surface area contributed by atoms with Gasteiger partial charge in [-0.2, -0.15) is 0 Å². The lowest BCUT2D eigenvalue weighted by Crippen LogP contribution is -2.28. The average Bonchev–Trinajstić information content (AvgIpc) is 2.79. The molecule has 1 heterocycles. The van der Waals surface area contributed by atoms with Crippen molar-refractivity contribution in [2.75, 3.05) is 0 Å². The molecular formula is C11H14N2O3. The minimum absolute atomic E-state index is 0.105. The van der Waals surface area contributed by atoms with Crippen LogP contribution >= 0.6 is 0 Å². The first-order valence-electron chi connectivity index (χ1n) is 5.36. The molecule has 1 fully saturated rings. The van der Waals surface area contributed by atoms with Crippen LogP contribution in [0.2, 0.25) is 0 Å². The third-order valence-electron chi connectivity index (χ3n) is 2.67. The van der Waals surface area contributed by atoms with Crippen LogP contribution in [0.3, 0.4) is 0 Å². The van der Waals surface area contributed by atoms with Crippen LogP contribution < -0.4 is 5.48 Å². The smallest absolute Gasteiger partial charge is 0.278 e. The Kier molecular flexibility index (Phi) is 3.36. The fourth-order valence-electron chi connectivity index (χ4n) is 1.78. The topological polar surface area (TPSA) is 71.5 Å². The van der Waals surface area contributed by atoms with E-state index in [0.29, 0.717) is 0 Å². The summed E-state index contributed by atoms with van der Waals surface area (Å²) in [6.07, 6.45) is 7.01. The number of amides is 1. The van der Waals surface area contributed by atoms with Gasteiger partial charge >= 0.3 is 0 Å². The second-order valence-corrected chi connectivity index (χ2v) is 3.85. The monoisotopic (exact) mass is 222 g/mol. The maximum absolute atomic E-state index is 11.6. The van der Waals surface area contributed by atoms with Crippen molar-refractivity contribution >= 4 is 5.91 Å². The first-order valence-corrected chi connectivity index (χ1v) is 5.36. The number of hydrogen-bond donors (Lipinski definition) is 2. The van der Waals surface area contributed by atoms with E-state index in [4.69, 9.17) is 4.84 Å². The molecule has 0 radical (unpaired) electrons. The zero-order valence-electron chi connectivity index (χ0n) is 8.85. The first kappa shape index (κ1) is 10.9. The maximum atomic E-state index is 11.6. The Balaban J connectivity index is 1.90. The lowest BCUT2D eigenvalue weighted by molar-refractivity contribution is -0.0126. The molecule has 1 amide bonds. The fourth-order valence-corrected chi connectivity index (χ4v) is 1.78. The summed E-state index contributed by atoms with van der Waals surface area (Å²) in [6, 6.07) is 1.45. The largest absolute Gasteiger partial charge is 0.505 e.